The molecule has 2 rings (SSSR count). The average molecular weight is 351 g/mol. The Balaban J connectivity index is 1.93. The molecule has 0 N–H and O–H groups in total. The number of carbonyl (C=O) groups is 1. The predicted molar refractivity (Wildman–Crippen MR) is 82.9 cm³/mol. The minimum absolute atomic E-state index is 0.451. The Hall–Kier alpha value is -2.01. The minimum Gasteiger partial charge on any atom is -0.497 e. The lowest BCUT2D eigenvalue weighted by Gasteiger charge is -2.14. The van der Waals surface area contributed by atoms with E-state index in [-0.39, 0.29) is 0 Å². The molecule has 0 heterocycles. The molecule has 1 unspecified atom stereocenters. The number of ether oxygens (including phenoxy) is 3. The van der Waals surface area contributed by atoms with E-state index < -0.39 is 12.1 Å². The van der Waals surface area contributed by atoms with E-state index in [1.165, 1.54) is 0 Å². The van der Waals surface area contributed by atoms with Crippen molar-refractivity contribution >= 4 is 21.9 Å². The van der Waals surface area contributed by atoms with Gasteiger partial charge in [-0.15, -0.1) is 0 Å². The number of rotatable bonds is 5. The molecule has 0 aliphatic heterocycles. The number of methoxy groups -OCH3 is 1. The molecule has 0 saturated heterocycles. The van der Waals surface area contributed by atoms with Gasteiger partial charge in [-0.2, -0.15) is 0 Å². The molecule has 0 saturated carbocycles. The summed E-state index contributed by atoms with van der Waals surface area (Å²) in [5.74, 6) is 1.31. The van der Waals surface area contributed by atoms with Crippen molar-refractivity contribution in [2.24, 2.45) is 0 Å². The Bertz CT molecular complexity index is 593. The molecule has 0 radical (unpaired) electrons. The Morgan fingerprint density at radius 3 is 2.05 bits per heavy atom. The van der Waals surface area contributed by atoms with Gasteiger partial charge in [0.05, 0.1) is 7.11 Å². The van der Waals surface area contributed by atoms with Crippen LogP contribution in [0.1, 0.15) is 6.92 Å². The second-order valence-corrected chi connectivity index (χ2v) is 5.23. The van der Waals surface area contributed by atoms with Crippen molar-refractivity contribution in [3.8, 4) is 17.2 Å². The van der Waals surface area contributed by atoms with E-state index in [2.05, 4.69) is 15.9 Å². The molecule has 4 nitrogen and oxygen atoms in total. The maximum atomic E-state index is 12.0. The van der Waals surface area contributed by atoms with Crippen LogP contribution in [0.5, 0.6) is 17.2 Å². The molecule has 2 aromatic carbocycles. The average Bonchev–Trinajstić information content (AvgIpc) is 2.50. The van der Waals surface area contributed by atoms with Gasteiger partial charge in [0.25, 0.3) is 0 Å². The zero-order valence-corrected chi connectivity index (χ0v) is 13.3. The fourth-order valence-corrected chi connectivity index (χ4v) is 1.87. The van der Waals surface area contributed by atoms with Gasteiger partial charge in [0.15, 0.2) is 6.10 Å². The molecule has 21 heavy (non-hydrogen) atoms. The van der Waals surface area contributed by atoms with Gasteiger partial charge in [-0.25, -0.2) is 4.79 Å². The molecule has 110 valence electrons. The summed E-state index contributed by atoms with van der Waals surface area (Å²) in [4.78, 5) is 12.0. The van der Waals surface area contributed by atoms with Crippen molar-refractivity contribution in [2.45, 2.75) is 13.0 Å². The Morgan fingerprint density at radius 2 is 1.48 bits per heavy atom. The Labute approximate surface area is 131 Å². The van der Waals surface area contributed by atoms with Crippen LogP contribution in [0.25, 0.3) is 0 Å². The predicted octanol–water partition coefficient (Wildman–Crippen LogP) is 3.83. The van der Waals surface area contributed by atoms with Crippen LogP contribution < -0.4 is 14.2 Å². The van der Waals surface area contributed by atoms with Gasteiger partial charge in [0.1, 0.15) is 17.2 Å². The van der Waals surface area contributed by atoms with Gasteiger partial charge in [-0.05, 0) is 55.5 Å². The number of carbonyl (C=O) groups excluding carboxylic acids is 1. The molecule has 0 bridgehead atoms. The summed E-state index contributed by atoms with van der Waals surface area (Å²) in [7, 11) is 1.58. The third kappa shape index (κ3) is 4.49. The van der Waals surface area contributed by atoms with E-state index in [0.717, 1.165) is 4.47 Å². The maximum absolute atomic E-state index is 12.0. The SMILES string of the molecule is COc1ccc(OC(=O)C(C)Oc2ccc(Br)cc2)cc1. The standard InChI is InChI=1S/C16H15BrO4/c1-11(20-14-5-3-12(17)4-6-14)16(18)21-15-9-7-13(19-2)8-10-15/h3-11H,1-2H3. The summed E-state index contributed by atoms with van der Waals surface area (Å²) >= 11 is 3.34. The lowest BCUT2D eigenvalue weighted by atomic mass is 10.3. The molecule has 1 atom stereocenters. The summed E-state index contributed by atoms with van der Waals surface area (Å²) in [5, 5.41) is 0. The molecule has 0 fully saturated rings. The largest absolute Gasteiger partial charge is 0.497 e. The van der Waals surface area contributed by atoms with Crippen LogP contribution in [-0.2, 0) is 4.79 Å². The van der Waals surface area contributed by atoms with E-state index in [1.807, 2.05) is 12.1 Å². The lowest BCUT2D eigenvalue weighted by Crippen LogP contribution is -2.28. The highest BCUT2D eigenvalue weighted by atomic mass is 79.9. The fraction of sp³-hybridized carbons (Fsp3) is 0.188. The monoisotopic (exact) mass is 350 g/mol. The first-order chi connectivity index (χ1) is 10.1. The summed E-state index contributed by atoms with van der Waals surface area (Å²) < 4.78 is 16.8. The highest BCUT2D eigenvalue weighted by Crippen LogP contribution is 2.20. The number of halogens is 1. The zero-order valence-electron chi connectivity index (χ0n) is 11.7. The second-order valence-electron chi connectivity index (χ2n) is 4.31. The molecule has 0 spiro atoms. The highest BCUT2D eigenvalue weighted by Gasteiger charge is 2.17. The number of benzene rings is 2. The van der Waals surface area contributed by atoms with Gasteiger partial charge in [0, 0.05) is 4.47 Å². The van der Waals surface area contributed by atoms with E-state index in [9.17, 15) is 4.79 Å². The molecule has 5 heteroatoms. The number of esters is 1. The van der Waals surface area contributed by atoms with Crippen LogP contribution in [-0.4, -0.2) is 19.2 Å². The molecular weight excluding hydrogens is 336 g/mol. The Kier molecular flexibility index (Phi) is 5.22. The first kappa shape index (κ1) is 15.4. The van der Waals surface area contributed by atoms with Crippen LogP contribution in [0.2, 0.25) is 0 Å². The van der Waals surface area contributed by atoms with Crippen LogP contribution in [0.3, 0.4) is 0 Å². The van der Waals surface area contributed by atoms with E-state index in [4.69, 9.17) is 14.2 Å². The van der Waals surface area contributed by atoms with Gasteiger partial charge in [0.2, 0.25) is 0 Å². The third-order valence-electron chi connectivity index (χ3n) is 2.74. The second kappa shape index (κ2) is 7.13. The molecule has 0 aliphatic rings. The highest BCUT2D eigenvalue weighted by molar-refractivity contribution is 9.10. The quantitative estimate of drug-likeness (QED) is 0.607. The normalized spacial score (nSPS) is 11.6. The fourth-order valence-electron chi connectivity index (χ4n) is 1.61. The summed E-state index contributed by atoms with van der Waals surface area (Å²) in [5.41, 5.74) is 0. The third-order valence-corrected chi connectivity index (χ3v) is 3.26. The van der Waals surface area contributed by atoms with Crippen molar-refractivity contribution in [3.05, 3.63) is 53.0 Å². The van der Waals surface area contributed by atoms with E-state index in [1.54, 1.807) is 50.4 Å². The van der Waals surface area contributed by atoms with E-state index >= 15 is 0 Å². The van der Waals surface area contributed by atoms with Crippen molar-refractivity contribution < 1.29 is 19.0 Å². The first-order valence-corrected chi connectivity index (χ1v) is 7.16. The van der Waals surface area contributed by atoms with Crippen LogP contribution >= 0.6 is 15.9 Å². The van der Waals surface area contributed by atoms with Crippen molar-refractivity contribution in [2.75, 3.05) is 7.11 Å². The molecular formula is C16H15BrO4. The Morgan fingerprint density at radius 1 is 0.952 bits per heavy atom. The summed E-state index contributed by atoms with van der Waals surface area (Å²) in [6, 6.07) is 14.0. The topological polar surface area (TPSA) is 44.8 Å². The molecule has 0 amide bonds. The summed E-state index contributed by atoms with van der Waals surface area (Å²) in [6.07, 6.45) is -0.701. The smallest absolute Gasteiger partial charge is 0.352 e. The zero-order chi connectivity index (χ0) is 15.2. The van der Waals surface area contributed by atoms with Crippen LogP contribution in [0, 0.1) is 0 Å². The van der Waals surface area contributed by atoms with E-state index in [0.29, 0.717) is 17.2 Å². The number of hydrogen-bond acceptors (Lipinski definition) is 4. The summed E-state index contributed by atoms with van der Waals surface area (Å²) in [6.45, 7) is 1.65. The van der Waals surface area contributed by atoms with Gasteiger partial charge in [-0.1, -0.05) is 15.9 Å². The van der Waals surface area contributed by atoms with Gasteiger partial charge in [-0.3, -0.25) is 0 Å². The van der Waals surface area contributed by atoms with Crippen LogP contribution in [0.4, 0.5) is 0 Å². The maximum Gasteiger partial charge on any atom is 0.352 e. The molecule has 0 aromatic heterocycles. The van der Waals surface area contributed by atoms with Crippen LogP contribution in [0.15, 0.2) is 53.0 Å². The molecule has 0 aliphatic carbocycles. The van der Waals surface area contributed by atoms with Crippen molar-refractivity contribution in [1.29, 1.82) is 0 Å². The lowest BCUT2D eigenvalue weighted by molar-refractivity contribution is -0.141. The van der Waals surface area contributed by atoms with Gasteiger partial charge < -0.3 is 14.2 Å². The number of hydrogen-bond donors (Lipinski definition) is 0. The van der Waals surface area contributed by atoms with Crippen molar-refractivity contribution in [1.82, 2.24) is 0 Å². The first-order valence-electron chi connectivity index (χ1n) is 6.36. The minimum atomic E-state index is -0.701. The van der Waals surface area contributed by atoms with Gasteiger partial charge >= 0.3 is 5.97 Å². The molecule has 2 aromatic rings. The van der Waals surface area contributed by atoms with Crippen molar-refractivity contribution in [3.63, 3.8) is 0 Å².